The van der Waals surface area contributed by atoms with E-state index in [0.29, 0.717) is 13.2 Å². The molecule has 2 bridgehead atoms. The van der Waals surface area contributed by atoms with Gasteiger partial charge in [-0.1, -0.05) is 37.3 Å². The first-order valence-corrected chi connectivity index (χ1v) is 9.82. The van der Waals surface area contributed by atoms with Crippen molar-refractivity contribution in [2.24, 2.45) is 23.2 Å². The van der Waals surface area contributed by atoms with Gasteiger partial charge in [-0.25, -0.2) is 0 Å². The molecule has 0 spiro atoms. The van der Waals surface area contributed by atoms with Crippen molar-refractivity contribution in [3.05, 3.63) is 54.6 Å². The van der Waals surface area contributed by atoms with Gasteiger partial charge in [-0.3, -0.25) is 0 Å². The van der Waals surface area contributed by atoms with E-state index in [1.165, 1.54) is 0 Å². The number of fused-ring (bicyclic) bond motifs is 1. The molecule has 5 nitrogen and oxygen atoms in total. The van der Waals surface area contributed by atoms with Crippen LogP contribution >= 0.6 is 0 Å². The van der Waals surface area contributed by atoms with E-state index in [-0.39, 0.29) is 17.8 Å². The molecule has 1 aromatic rings. The maximum Gasteiger partial charge on any atom is 0.169 e. The quantitative estimate of drug-likeness (QED) is 0.760. The van der Waals surface area contributed by atoms with Crippen molar-refractivity contribution in [3.63, 3.8) is 0 Å². The standard InChI is InChI=1S/C23H30O5/c1-6-23(24)20(27-13-15-7-9-16(25-4)10-8-15)17-11-12-21(23,2)19-18(17)14-28-22(19,3)26-5/h6-12,17-20,24H,1,13-14H2,2-5H3/t17-,18+,19+,20+,21-,22+,23+/m1/s1. The molecule has 7 atom stereocenters. The molecule has 0 unspecified atom stereocenters. The summed E-state index contributed by atoms with van der Waals surface area (Å²) in [5.74, 6) is 0.346. The second-order valence-corrected chi connectivity index (χ2v) is 8.50. The highest BCUT2D eigenvalue weighted by atomic mass is 16.7. The Morgan fingerprint density at radius 3 is 2.57 bits per heavy atom. The van der Waals surface area contributed by atoms with Gasteiger partial charge in [0.05, 0.1) is 26.4 Å². The zero-order chi connectivity index (χ0) is 20.2. The molecule has 152 valence electrons. The minimum absolute atomic E-state index is 0.0174. The highest BCUT2D eigenvalue weighted by Crippen LogP contribution is 2.64. The van der Waals surface area contributed by atoms with Crippen LogP contribution in [-0.2, 0) is 20.8 Å². The number of ether oxygens (including phenoxy) is 4. The molecule has 1 N–H and O–H groups in total. The molecule has 5 rings (SSSR count). The fourth-order valence-electron chi connectivity index (χ4n) is 5.69. The van der Waals surface area contributed by atoms with Crippen LogP contribution in [0.5, 0.6) is 5.75 Å². The largest absolute Gasteiger partial charge is 0.497 e. The Labute approximate surface area is 166 Å². The smallest absolute Gasteiger partial charge is 0.169 e. The Kier molecular flexibility index (Phi) is 4.70. The van der Waals surface area contributed by atoms with Crippen LogP contribution < -0.4 is 4.74 Å². The monoisotopic (exact) mass is 386 g/mol. The summed E-state index contributed by atoms with van der Waals surface area (Å²) in [4.78, 5) is 0. The van der Waals surface area contributed by atoms with Gasteiger partial charge in [-0.05, 0) is 24.6 Å². The lowest BCUT2D eigenvalue weighted by atomic mass is 9.46. The van der Waals surface area contributed by atoms with Gasteiger partial charge < -0.3 is 24.1 Å². The third-order valence-corrected chi connectivity index (χ3v) is 7.31. The number of benzene rings is 1. The Morgan fingerprint density at radius 2 is 1.96 bits per heavy atom. The summed E-state index contributed by atoms with van der Waals surface area (Å²) in [6.45, 7) is 9.00. The number of hydrogen-bond acceptors (Lipinski definition) is 5. The van der Waals surface area contributed by atoms with Gasteiger partial charge in [0.25, 0.3) is 0 Å². The van der Waals surface area contributed by atoms with Gasteiger partial charge in [0.2, 0.25) is 0 Å². The fraction of sp³-hybridized carbons (Fsp3) is 0.565. The van der Waals surface area contributed by atoms with Crippen LogP contribution in [0.4, 0.5) is 0 Å². The van der Waals surface area contributed by atoms with Crippen molar-refractivity contribution in [2.75, 3.05) is 20.8 Å². The summed E-state index contributed by atoms with van der Waals surface area (Å²) in [5, 5.41) is 11.8. The van der Waals surface area contributed by atoms with E-state index < -0.39 is 22.9 Å². The van der Waals surface area contributed by atoms with E-state index >= 15 is 0 Å². The molecule has 1 aliphatic heterocycles. The summed E-state index contributed by atoms with van der Waals surface area (Å²) in [7, 11) is 3.32. The molecule has 0 amide bonds. The van der Waals surface area contributed by atoms with E-state index in [2.05, 4.69) is 25.7 Å². The Hall–Kier alpha value is -1.66. The Bertz CT molecular complexity index is 774. The molecule has 28 heavy (non-hydrogen) atoms. The number of rotatable bonds is 6. The van der Waals surface area contributed by atoms with Crippen LogP contribution in [-0.4, -0.2) is 43.4 Å². The van der Waals surface area contributed by atoms with Crippen LogP contribution in [0.2, 0.25) is 0 Å². The second kappa shape index (κ2) is 6.70. The van der Waals surface area contributed by atoms with Crippen LogP contribution in [0.25, 0.3) is 0 Å². The van der Waals surface area contributed by atoms with E-state index in [1.54, 1.807) is 20.3 Å². The average molecular weight is 386 g/mol. The third kappa shape index (κ3) is 2.53. The van der Waals surface area contributed by atoms with E-state index in [0.717, 1.165) is 11.3 Å². The minimum atomic E-state index is -1.21. The highest BCUT2D eigenvalue weighted by molar-refractivity contribution is 5.34. The zero-order valence-electron chi connectivity index (χ0n) is 17.1. The van der Waals surface area contributed by atoms with Crippen LogP contribution in [0.1, 0.15) is 19.4 Å². The van der Waals surface area contributed by atoms with E-state index in [9.17, 15) is 5.11 Å². The van der Waals surface area contributed by atoms with Gasteiger partial charge in [-0.15, -0.1) is 6.58 Å². The van der Waals surface area contributed by atoms with Gasteiger partial charge in [0.1, 0.15) is 11.4 Å². The lowest BCUT2D eigenvalue weighted by Crippen LogP contribution is -2.70. The molecular weight excluding hydrogens is 356 g/mol. The van der Waals surface area contributed by atoms with Gasteiger partial charge in [0, 0.05) is 30.3 Å². The first-order valence-electron chi connectivity index (χ1n) is 9.82. The molecule has 1 aromatic carbocycles. The molecule has 1 saturated heterocycles. The predicted molar refractivity (Wildman–Crippen MR) is 106 cm³/mol. The molecule has 4 aliphatic rings. The third-order valence-electron chi connectivity index (χ3n) is 7.31. The molecule has 2 fully saturated rings. The normalized spacial score (nSPS) is 43.8. The van der Waals surface area contributed by atoms with Crippen molar-refractivity contribution in [1.29, 1.82) is 0 Å². The average Bonchev–Trinajstić information content (AvgIpc) is 3.09. The van der Waals surface area contributed by atoms with E-state index in [4.69, 9.17) is 18.9 Å². The Balaban J connectivity index is 1.64. The minimum Gasteiger partial charge on any atom is -0.497 e. The molecule has 0 aromatic heterocycles. The van der Waals surface area contributed by atoms with Crippen molar-refractivity contribution < 1.29 is 24.1 Å². The predicted octanol–water partition coefficient (Wildman–Crippen LogP) is 3.33. The number of hydrogen-bond donors (Lipinski definition) is 1. The summed E-state index contributed by atoms with van der Waals surface area (Å²) in [5.41, 5.74) is -0.781. The summed E-state index contributed by atoms with van der Waals surface area (Å²) in [6, 6.07) is 7.79. The van der Waals surface area contributed by atoms with Crippen LogP contribution in [0, 0.1) is 23.2 Å². The summed E-state index contributed by atoms with van der Waals surface area (Å²) in [6.07, 6.45) is 5.54. The molecular formula is C23H30O5. The maximum atomic E-state index is 11.8. The van der Waals surface area contributed by atoms with Gasteiger partial charge >= 0.3 is 0 Å². The molecule has 0 radical (unpaired) electrons. The zero-order valence-corrected chi connectivity index (χ0v) is 17.1. The first kappa shape index (κ1) is 19.6. The lowest BCUT2D eigenvalue weighted by Gasteiger charge is -2.62. The second-order valence-electron chi connectivity index (χ2n) is 8.50. The summed E-state index contributed by atoms with van der Waals surface area (Å²) < 4.78 is 23.4. The summed E-state index contributed by atoms with van der Waals surface area (Å²) >= 11 is 0. The Morgan fingerprint density at radius 1 is 1.25 bits per heavy atom. The van der Waals surface area contributed by atoms with E-state index in [1.807, 2.05) is 31.2 Å². The fourth-order valence-corrected chi connectivity index (χ4v) is 5.69. The lowest BCUT2D eigenvalue weighted by molar-refractivity contribution is -0.267. The van der Waals surface area contributed by atoms with Crippen molar-refractivity contribution in [1.82, 2.24) is 0 Å². The molecule has 1 heterocycles. The maximum absolute atomic E-state index is 11.8. The van der Waals surface area contributed by atoms with Crippen molar-refractivity contribution in [3.8, 4) is 5.75 Å². The highest BCUT2D eigenvalue weighted by Gasteiger charge is 2.71. The number of methoxy groups -OCH3 is 2. The molecule has 3 aliphatic carbocycles. The number of aliphatic hydroxyl groups is 1. The van der Waals surface area contributed by atoms with Crippen LogP contribution in [0.15, 0.2) is 49.1 Å². The topological polar surface area (TPSA) is 57.2 Å². The van der Waals surface area contributed by atoms with Gasteiger partial charge in [-0.2, -0.15) is 0 Å². The van der Waals surface area contributed by atoms with Gasteiger partial charge in [0.15, 0.2) is 5.79 Å². The first-order chi connectivity index (χ1) is 13.3. The SMILES string of the molecule is C=C[C@]1(O)[C@@H](OCc2ccc(OC)cc2)[C@@H]2C=C[C@]1(C)[C@@H]1[C@H]2CO[C@]1(C)OC. The van der Waals surface area contributed by atoms with Crippen LogP contribution in [0.3, 0.4) is 0 Å². The molecule has 1 saturated carbocycles. The van der Waals surface area contributed by atoms with Crippen molar-refractivity contribution >= 4 is 0 Å². The molecule has 5 heteroatoms. The van der Waals surface area contributed by atoms with Crippen molar-refractivity contribution in [2.45, 2.75) is 37.9 Å².